The minimum Gasteiger partial charge on any atom is -0.493 e. The van der Waals surface area contributed by atoms with Crippen molar-refractivity contribution in [2.24, 2.45) is 0 Å². The maximum Gasteiger partial charge on any atom is 0.373 e. The van der Waals surface area contributed by atoms with E-state index >= 15 is 0 Å². The summed E-state index contributed by atoms with van der Waals surface area (Å²) in [5, 5.41) is 0. The summed E-state index contributed by atoms with van der Waals surface area (Å²) in [6.45, 7) is 3.34. The lowest BCUT2D eigenvalue weighted by Gasteiger charge is -2.13. The number of carbonyl (C=O) groups is 1. The van der Waals surface area contributed by atoms with Gasteiger partial charge in [-0.05, 0) is 26.0 Å². The molecule has 1 aromatic rings. The quantitative estimate of drug-likeness (QED) is 0.583. The van der Waals surface area contributed by atoms with Gasteiger partial charge in [0.05, 0.1) is 26.9 Å². The van der Waals surface area contributed by atoms with Gasteiger partial charge in [0.1, 0.15) is 6.10 Å². The van der Waals surface area contributed by atoms with Gasteiger partial charge >= 0.3 is 5.97 Å². The van der Waals surface area contributed by atoms with Gasteiger partial charge in [-0.15, -0.1) is 0 Å². The summed E-state index contributed by atoms with van der Waals surface area (Å²) in [7, 11) is 4.41. The molecule has 1 aromatic carbocycles. The smallest absolute Gasteiger partial charge is 0.373 e. The summed E-state index contributed by atoms with van der Waals surface area (Å²) in [4.78, 5) is 21.1. The molecule has 105 valence electrons. The van der Waals surface area contributed by atoms with Crippen LogP contribution in [0, 0.1) is 6.10 Å². The van der Waals surface area contributed by atoms with Crippen molar-refractivity contribution in [3.63, 3.8) is 0 Å². The molecule has 0 aliphatic carbocycles. The van der Waals surface area contributed by atoms with E-state index < -0.39 is 5.97 Å². The van der Waals surface area contributed by atoms with Gasteiger partial charge in [0.15, 0.2) is 11.5 Å². The molecule has 0 aliphatic rings. The normalized spacial score (nSPS) is 10.2. The van der Waals surface area contributed by atoms with Crippen LogP contribution in [0.25, 0.3) is 0 Å². The molecule has 0 bridgehead atoms. The van der Waals surface area contributed by atoms with E-state index in [0.717, 1.165) is 0 Å². The summed E-state index contributed by atoms with van der Waals surface area (Å²) < 4.78 is 15.4. The maximum atomic E-state index is 11.8. The summed E-state index contributed by atoms with van der Waals surface area (Å²) in [5.41, 5.74) is 0.232. The third-order valence-corrected chi connectivity index (χ3v) is 2.18. The van der Waals surface area contributed by atoms with Crippen molar-refractivity contribution in [2.45, 2.75) is 13.8 Å². The van der Waals surface area contributed by atoms with Crippen LogP contribution in [0.1, 0.15) is 24.2 Å². The number of hydrogen-bond donors (Lipinski definition) is 0. The van der Waals surface area contributed by atoms with Crippen LogP contribution >= 0.6 is 0 Å². The second-order valence-corrected chi connectivity index (χ2v) is 3.78. The van der Waals surface area contributed by atoms with E-state index in [1.54, 1.807) is 13.8 Å². The number of rotatable bonds is 6. The lowest BCUT2D eigenvalue weighted by atomic mass is 10.2. The van der Waals surface area contributed by atoms with Gasteiger partial charge < -0.3 is 14.2 Å². The van der Waals surface area contributed by atoms with Crippen LogP contribution < -0.4 is 14.2 Å². The van der Waals surface area contributed by atoms with Crippen molar-refractivity contribution in [3.05, 3.63) is 23.8 Å². The Morgan fingerprint density at radius 3 is 1.79 bits per heavy atom. The average Bonchev–Trinajstić information content (AvgIpc) is 2.42. The Bertz CT molecular complexity index is 416. The summed E-state index contributed by atoms with van der Waals surface area (Å²) in [6.07, 6.45) is 0.515. The highest BCUT2D eigenvalue weighted by Crippen LogP contribution is 2.38. The van der Waals surface area contributed by atoms with Gasteiger partial charge in [0.2, 0.25) is 5.75 Å². The monoisotopic (exact) mass is 269 g/mol. The molecule has 0 N–H and O–H groups in total. The number of methoxy groups -OCH3 is 3. The zero-order valence-corrected chi connectivity index (χ0v) is 11.6. The molecule has 1 rings (SSSR count). The number of hydrogen-bond acceptors (Lipinski definition) is 6. The second-order valence-electron chi connectivity index (χ2n) is 3.78. The van der Waals surface area contributed by atoms with Crippen molar-refractivity contribution >= 4 is 5.97 Å². The zero-order chi connectivity index (χ0) is 14.4. The van der Waals surface area contributed by atoms with Crippen LogP contribution in [-0.2, 0) is 9.78 Å². The third kappa shape index (κ3) is 3.75. The largest absolute Gasteiger partial charge is 0.493 e. The molecule has 0 unspecified atom stereocenters. The van der Waals surface area contributed by atoms with Crippen LogP contribution in [-0.4, -0.2) is 27.3 Å². The fraction of sp³-hybridized carbons (Fsp3) is 0.385. The van der Waals surface area contributed by atoms with Crippen molar-refractivity contribution in [1.29, 1.82) is 0 Å². The highest BCUT2D eigenvalue weighted by atomic mass is 17.2. The zero-order valence-electron chi connectivity index (χ0n) is 11.6. The van der Waals surface area contributed by atoms with E-state index in [0.29, 0.717) is 23.4 Å². The van der Waals surface area contributed by atoms with E-state index in [9.17, 15) is 4.79 Å². The molecule has 6 heteroatoms. The fourth-order valence-electron chi connectivity index (χ4n) is 1.37. The Kier molecular flexibility index (Phi) is 5.44. The first-order valence-corrected chi connectivity index (χ1v) is 5.52. The molecule has 0 heterocycles. The van der Waals surface area contributed by atoms with Crippen molar-refractivity contribution < 1.29 is 28.8 Å². The molecular weight excluding hydrogens is 252 g/mol. The fourth-order valence-corrected chi connectivity index (χ4v) is 1.37. The van der Waals surface area contributed by atoms with Gasteiger partial charge in [-0.3, -0.25) is 4.89 Å². The summed E-state index contributed by atoms with van der Waals surface area (Å²) in [6, 6.07) is 2.97. The highest BCUT2D eigenvalue weighted by Gasteiger charge is 2.18. The summed E-state index contributed by atoms with van der Waals surface area (Å²) in [5.74, 6) is 0.484. The minimum absolute atomic E-state index is 0.232. The lowest BCUT2D eigenvalue weighted by Crippen LogP contribution is -2.08. The SMILES string of the molecule is COc1cc(C(=O)OO[C](C)C)cc(OC)c1OC. The van der Waals surface area contributed by atoms with E-state index in [2.05, 4.69) is 4.89 Å². The molecule has 0 saturated carbocycles. The maximum absolute atomic E-state index is 11.8. The highest BCUT2D eigenvalue weighted by molar-refractivity contribution is 5.90. The van der Waals surface area contributed by atoms with Crippen molar-refractivity contribution in [1.82, 2.24) is 0 Å². The summed E-state index contributed by atoms with van der Waals surface area (Å²) >= 11 is 0. The van der Waals surface area contributed by atoms with E-state index in [1.165, 1.54) is 33.5 Å². The molecule has 0 aliphatic heterocycles. The molecule has 0 saturated heterocycles. The van der Waals surface area contributed by atoms with Crippen LogP contribution in [0.2, 0.25) is 0 Å². The molecule has 0 amide bonds. The first-order valence-electron chi connectivity index (χ1n) is 5.52. The Hall–Kier alpha value is -1.95. The Labute approximate surface area is 112 Å². The first kappa shape index (κ1) is 15.1. The second kappa shape index (κ2) is 6.84. The molecule has 0 atom stereocenters. The van der Waals surface area contributed by atoms with E-state index in [-0.39, 0.29) is 5.56 Å². The molecule has 0 spiro atoms. The van der Waals surface area contributed by atoms with Gasteiger partial charge in [-0.1, -0.05) is 0 Å². The molecule has 6 nitrogen and oxygen atoms in total. The number of ether oxygens (including phenoxy) is 3. The van der Waals surface area contributed by atoms with Crippen molar-refractivity contribution in [2.75, 3.05) is 21.3 Å². The minimum atomic E-state index is -0.652. The van der Waals surface area contributed by atoms with Gasteiger partial charge in [-0.2, -0.15) is 4.89 Å². The van der Waals surface area contributed by atoms with Crippen LogP contribution in [0.4, 0.5) is 0 Å². The van der Waals surface area contributed by atoms with Crippen molar-refractivity contribution in [3.8, 4) is 17.2 Å². The molecule has 1 radical (unpaired) electrons. The third-order valence-electron chi connectivity index (χ3n) is 2.18. The van der Waals surface area contributed by atoms with E-state index in [4.69, 9.17) is 19.1 Å². The lowest BCUT2D eigenvalue weighted by molar-refractivity contribution is -0.229. The predicted molar refractivity (Wildman–Crippen MR) is 67.2 cm³/mol. The van der Waals surface area contributed by atoms with Crippen LogP contribution in [0.15, 0.2) is 12.1 Å². The number of benzene rings is 1. The molecule has 0 aromatic heterocycles. The Morgan fingerprint density at radius 2 is 1.42 bits per heavy atom. The number of carbonyl (C=O) groups excluding carboxylic acids is 1. The standard InChI is InChI=1S/C13H17O6/c1-8(2)18-19-13(14)9-6-10(15-3)12(17-5)11(7-9)16-4/h6-7H,1-5H3. The van der Waals surface area contributed by atoms with E-state index in [1.807, 2.05) is 0 Å². The Balaban J connectivity index is 3.05. The predicted octanol–water partition coefficient (Wildman–Crippen LogP) is 2.37. The Morgan fingerprint density at radius 1 is 0.895 bits per heavy atom. The topological polar surface area (TPSA) is 63.2 Å². The van der Waals surface area contributed by atoms with Gasteiger partial charge in [-0.25, -0.2) is 4.79 Å². The van der Waals surface area contributed by atoms with Gasteiger partial charge in [0.25, 0.3) is 0 Å². The van der Waals surface area contributed by atoms with Crippen LogP contribution in [0.5, 0.6) is 17.2 Å². The van der Waals surface area contributed by atoms with Crippen LogP contribution in [0.3, 0.4) is 0 Å². The van der Waals surface area contributed by atoms with Gasteiger partial charge in [0, 0.05) is 0 Å². The molecule has 0 fully saturated rings. The molecular formula is C13H17O6. The first-order chi connectivity index (χ1) is 9.03. The average molecular weight is 269 g/mol. The molecule has 19 heavy (non-hydrogen) atoms.